The van der Waals surface area contributed by atoms with E-state index in [2.05, 4.69) is 10.1 Å². The second-order valence-corrected chi connectivity index (χ2v) is 6.68. The maximum absolute atomic E-state index is 11.6. The lowest BCUT2D eigenvalue weighted by atomic mass is 10.0. The summed E-state index contributed by atoms with van der Waals surface area (Å²) in [7, 11) is -1.34. The number of carbonyl (C=O) groups is 1. The SMILES string of the molecule is CNC(C)(C)CCS(=O)(=O)CCOC(C)=O. The Balaban J connectivity index is 4.02. The standard InChI is InChI=1S/C10H21NO4S/c1-9(12)15-6-8-16(13,14)7-5-10(2,3)11-4/h11H,5-8H2,1-4H3. The summed E-state index contributed by atoms with van der Waals surface area (Å²) in [6.07, 6.45) is 0.534. The second kappa shape index (κ2) is 6.20. The fourth-order valence-corrected chi connectivity index (χ4v) is 2.31. The van der Waals surface area contributed by atoms with Crippen LogP contribution >= 0.6 is 0 Å². The number of carbonyl (C=O) groups excluding carboxylic acids is 1. The molecule has 0 aromatic rings. The maximum Gasteiger partial charge on any atom is 0.302 e. The molecule has 0 heterocycles. The van der Waals surface area contributed by atoms with Crippen LogP contribution in [0.25, 0.3) is 0 Å². The van der Waals surface area contributed by atoms with E-state index in [0.29, 0.717) is 6.42 Å². The Morgan fingerprint density at radius 1 is 1.31 bits per heavy atom. The zero-order valence-electron chi connectivity index (χ0n) is 10.4. The fraction of sp³-hybridized carbons (Fsp3) is 0.900. The molecule has 0 saturated heterocycles. The minimum Gasteiger partial charge on any atom is -0.465 e. The summed E-state index contributed by atoms with van der Waals surface area (Å²) in [5, 5.41) is 3.04. The summed E-state index contributed by atoms with van der Waals surface area (Å²) in [4.78, 5) is 10.5. The molecule has 0 aromatic carbocycles. The molecule has 0 aliphatic heterocycles. The van der Waals surface area contributed by atoms with Gasteiger partial charge in [0.15, 0.2) is 9.84 Å². The molecule has 0 aromatic heterocycles. The molecule has 1 N–H and O–H groups in total. The van der Waals surface area contributed by atoms with Crippen molar-refractivity contribution < 1.29 is 17.9 Å². The van der Waals surface area contributed by atoms with Gasteiger partial charge in [-0.1, -0.05) is 0 Å². The lowest BCUT2D eigenvalue weighted by Crippen LogP contribution is -2.38. The Morgan fingerprint density at radius 3 is 2.31 bits per heavy atom. The van der Waals surface area contributed by atoms with E-state index in [9.17, 15) is 13.2 Å². The van der Waals surface area contributed by atoms with Crippen LogP contribution in [0.1, 0.15) is 27.2 Å². The molecule has 0 amide bonds. The highest BCUT2D eigenvalue weighted by Crippen LogP contribution is 2.09. The van der Waals surface area contributed by atoms with Gasteiger partial charge in [0, 0.05) is 12.5 Å². The van der Waals surface area contributed by atoms with Gasteiger partial charge in [-0.2, -0.15) is 0 Å². The Labute approximate surface area is 97.5 Å². The number of sulfone groups is 1. The highest BCUT2D eigenvalue weighted by molar-refractivity contribution is 7.91. The minimum absolute atomic E-state index is 0.0579. The third-order valence-electron chi connectivity index (χ3n) is 2.41. The average Bonchev–Trinajstić information content (AvgIpc) is 2.14. The van der Waals surface area contributed by atoms with Crippen molar-refractivity contribution in [2.45, 2.75) is 32.7 Å². The summed E-state index contributed by atoms with van der Waals surface area (Å²) in [6.45, 7) is 5.08. The Bertz CT molecular complexity index is 322. The van der Waals surface area contributed by atoms with Gasteiger partial charge in [0.2, 0.25) is 0 Å². The van der Waals surface area contributed by atoms with E-state index in [4.69, 9.17) is 0 Å². The predicted octanol–water partition coefficient (Wildman–Crippen LogP) is 0.352. The van der Waals surface area contributed by atoms with Crippen LogP contribution in [-0.2, 0) is 19.4 Å². The lowest BCUT2D eigenvalue weighted by molar-refractivity contribution is -0.140. The first kappa shape index (κ1) is 15.4. The number of ether oxygens (including phenoxy) is 1. The van der Waals surface area contributed by atoms with Crippen molar-refractivity contribution in [2.75, 3.05) is 25.2 Å². The van der Waals surface area contributed by atoms with Gasteiger partial charge in [0.05, 0.1) is 11.5 Å². The van der Waals surface area contributed by atoms with Gasteiger partial charge in [-0.25, -0.2) is 8.42 Å². The highest BCUT2D eigenvalue weighted by Gasteiger charge is 2.20. The van der Waals surface area contributed by atoms with E-state index in [1.807, 2.05) is 13.8 Å². The average molecular weight is 251 g/mol. The molecule has 6 heteroatoms. The first-order chi connectivity index (χ1) is 7.18. The van der Waals surface area contributed by atoms with Crippen molar-refractivity contribution in [3.8, 4) is 0 Å². The maximum atomic E-state index is 11.6. The largest absolute Gasteiger partial charge is 0.465 e. The Kier molecular flexibility index (Phi) is 5.96. The van der Waals surface area contributed by atoms with Gasteiger partial charge in [0.25, 0.3) is 0 Å². The third kappa shape index (κ3) is 7.64. The molecule has 0 spiro atoms. The molecule has 0 fully saturated rings. The molecule has 0 aliphatic carbocycles. The first-order valence-electron chi connectivity index (χ1n) is 5.21. The summed E-state index contributed by atoms with van der Waals surface area (Å²) < 4.78 is 27.7. The monoisotopic (exact) mass is 251 g/mol. The predicted molar refractivity (Wildman–Crippen MR) is 63.0 cm³/mol. The molecule has 0 bridgehead atoms. The van der Waals surface area contributed by atoms with E-state index in [0.717, 1.165) is 0 Å². The van der Waals surface area contributed by atoms with E-state index >= 15 is 0 Å². The highest BCUT2D eigenvalue weighted by atomic mass is 32.2. The normalized spacial score (nSPS) is 12.5. The van der Waals surface area contributed by atoms with Crippen molar-refractivity contribution in [3.63, 3.8) is 0 Å². The quantitative estimate of drug-likeness (QED) is 0.661. The van der Waals surface area contributed by atoms with E-state index in [1.54, 1.807) is 7.05 Å². The number of esters is 1. The van der Waals surface area contributed by atoms with Gasteiger partial charge in [-0.05, 0) is 27.3 Å². The van der Waals surface area contributed by atoms with Crippen LogP contribution in [0.15, 0.2) is 0 Å². The molecule has 0 unspecified atom stereocenters. The van der Waals surface area contributed by atoms with Crippen molar-refractivity contribution in [2.24, 2.45) is 0 Å². The molecule has 0 radical (unpaired) electrons. The van der Waals surface area contributed by atoms with Crippen LogP contribution in [0.3, 0.4) is 0 Å². The van der Waals surface area contributed by atoms with Crippen molar-refractivity contribution in [3.05, 3.63) is 0 Å². The van der Waals surface area contributed by atoms with Crippen LogP contribution in [0.4, 0.5) is 0 Å². The molecule has 0 saturated carbocycles. The number of hydrogen-bond acceptors (Lipinski definition) is 5. The fourth-order valence-electron chi connectivity index (χ4n) is 0.950. The van der Waals surface area contributed by atoms with Crippen LogP contribution in [-0.4, -0.2) is 45.1 Å². The first-order valence-corrected chi connectivity index (χ1v) is 7.03. The van der Waals surface area contributed by atoms with Crippen LogP contribution in [0, 0.1) is 0 Å². The smallest absolute Gasteiger partial charge is 0.302 e. The summed E-state index contributed by atoms with van der Waals surface area (Å²) in [6, 6.07) is 0. The van der Waals surface area contributed by atoms with Crippen LogP contribution in [0.2, 0.25) is 0 Å². The third-order valence-corrected chi connectivity index (χ3v) is 4.03. The Morgan fingerprint density at radius 2 is 1.88 bits per heavy atom. The Hall–Kier alpha value is -0.620. The summed E-state index contributed by atoms with van der Waals surface area (Å²) in [5.41, 5.74) is -0.200. The molecule has 16 heavy (non-hydrogen) atoms. The number of nitrogens with one attached hydrogen (secondary N) is 1. The minimum atomic E-state index is -3.14. The van der Waals surface area contributed by atoms with E-state index in [-0.39, 0.29) is 23.7 Å². The molecule has 96 valence electrons. The van der Waals surface area contributed by atoms with Crippen LogP contribution < -0.4 is 5.32 Å². The molecule has 0 rings (SSSR count). The van der Waals surface area contributed by atoms with E-state index < -0.39 is 15.8 Å². The number of rotatable bonds is 7. The van der Waals surface area contributed by atoms with Gasteiger partial charge >= 0.3 is 5.97 Å². The second-order valence-electron chi connectivity index (χ2n) is 4.38. The topological polar surface area (TPSA) is 72.5 Å². The zero-order valence-corrected chi connectivity index (χ0v) is 11.2. The van der Waals surface area contributed by atoms with Gasteiger partial charge in [0.1, 0.15) is 6.61 Å². The summed E-state index contributed by atoms with van der Waals surface area (Å²) in [5.74, 6) is -0.458. The van der Waals surface area contributed by atoms with Crippen molar-refractivity contribution in [1.82, 2.24) is 5.32 Å². The molecule has 5 nitrogen and oxygen atoms in total. The van der Waals surface area contributed by atoms with Gasteiger partial charge < -0.3 is 10.1 Å². The van der Waals surface area contributed by atoms with Crippen molar-refractivity contribution in [1.29, 1.82) is 0 Å². The lowest BCUT2D eigenvalue weighted by Gasteiger charge is -2.23. The van der Waals surface area contributed by atoms with E-state index in [1.165, 1.54) is 6.92 Å². The van der Waals surface area contributed by atoms with Gasteiger partial charge in [-0.3, -0.25) is 4.79 Å². The molecule has 0 atom stereocenters. The zero-order chi connectivity index (χ0) is 12.8. The molecule has 0 aliphatic rings. The van der Waals surface area contributed by atoms with Crippen LogP contribution in [0.5, 0.6) is 0 Å². The number of hydrogen-bond donors (Lipinski definition) is 1. The molecular weight excluding hydrogens is 230 g/mol. The van der Waals surface area contributed by atoms with Gasteiger partial charge in [-0.15, -0.1) is 0 Å². The summed E-state index contributed by atoms with van der Waals surface area (Å²) >= 11 is 0. The van der Waals surface area contributed by atoms with Crippen molar-refractivity contribution >= 4 is 15.8 Å². The molecular formula is C10H21NO4S.